The summed E-state index contributed by atoms with van der Waals surface area (Å²) in [5, 5.41) is 0. The van der Waals surface area contributed by atoms with Crippen LogP contribution in [0.5, 0.6) is 5.75 Å². The molecule has 0 atom stereocenters. The van der Waals surface area contributed by atoms with Gasteiger partial charge >= 0.3 is 187 Å². The van der Waals surface area contributed by atoms with Gasteiger partial charge in [0.2, 0.25) is 0 Å². The Kier molecular flexibility index (Phi) is 10.4. The third-order valence-electron chi connectivity index (χ3n) is 7.20. The Balaban J connectivity index is 2.13. The zero-order valence-corrected chi connectivity index (χ0v) is 20.9. The van der Waals surface area contributed by atoms with Gasteiger partial charge in [0, 0.05) is 0 Å². The second-order valence-electron chi connectivity index (χ2n) is 9.02. The van der Waals surface area contributed by atoms with Crippen molar-refractivity contribution in [1.82, 2.24) is 0 Å². The Morgan fingerprint density at radius 3 is 1.83 bits per heavy atom. The predicted molar refractivity (Wildman–Crippen MR) is 137 cm³/mol. The van der Waals surface area contributed by atoms with Crippen LogP contribution in [0.3, 0.4) is 0 Å². The Bertz CT molecular complexity index is 709. The zero-order chi connectivity index (χ0) is 21.7. The second kappa shape index (κ2) is 12.5. The predicted octanol–water partition coefficient (Wildman–Crippen LogP) is 9.09. The molecule has 30 heavy (non-hydrogen) atoms. The monoisotopic (exact) mass is 428 g/mol. The summed E-state index contributed by atoms with van der Waals surface area (Å²) >= 11 is 0. The molecule has 0 spiro atoms. The van der Waals surface area contributed by atoms with Gasteiger partial charge in [0.25, 0.3) is 0 Å². The summed E-state index contributed by atoms with van der Waals surface area (Å²) in [7, 11) is 0. The van der Waals surface area contributed by atoms with Crippen LogP contribution >= 0.6 is 6.83 Å². The number of unbranched alkanes of at least 4 members (excludes halogenated alkanes) is 6. The molecule has 0 N–H and O–H groups in total. The summed E-state index contributed by atoms with van der Waals surface area (Å²) in [6.07, 6.45) is 15.1. The Hall–Kier alpha value is -1.33. The average molecular weight is 429 g/mol. The fraction of sp³-hybridized carbons (Fsp3) is 0.571. The topological polar surface area (TPSA) is 9.23 Å². The molecule has 0 saturated carbocycles. The van der Waals surface area contributed by atoms with Crippen molar-refractivity contribution in [2.24, 2.45) is 0 Å². The van der Waals surface area contributed by atoms with Crippen molar-refractivity contribution >= 4 is 6.83 Å². The molecule has 0 amide bonds. The van der Waals surface area contributed by atoms with Crippen molar-refractivity contribution < 1.29 is 4.52 Å². The van der Waals surface area contributed by atoms with E-state index >= 15 is 0 Å². The van der Waals surface area contributed by atoms with E-state index in [1.165, 1.54) is 56.1 Å². The number of rotatable bonds is 15. The number of hydrogen-bond donors (Lipinski definition) is 0. The van der Waals surface area contributed by atoms with Crippen molar-refractivity contribution in [3.8, 4) is 5.75 Å². The van der Waals surface area contributed by atoms with Crippen LogP contribution in [-0.4, -0.2) is 18.5 Å². The van der Waals surface area contributed by atoms with Crippen LogP contribution in [0.4, 0.5) is 0 Å². The van der Waals surface area contributed by atoms with E-state index in [9.17, 15) is 0 Å². The molecule has 2 heteroatoms. The van der Waals surface area contributed by atoms with E-state index in [0.717, 1.165) is 36.8 Å². The summed E-state index contributed by atoms with van der Waals surface area (Å²) in [5.74, 6) is 1.16. The van der Waals surface area contributed by atoms with Gasteiger partial charge in [0.15, 0.2) is 0 Å². The molecule has 0 saturated heterocycles. The number of para-hydroxylation sites is 1. The minimum absolute atomic E-state index is 1.09. The van der Waals surface area contributed by atoms with Crippen molar-refractivity contribution in [1.29, 1.82) is 0 Å². The molecule has 0 unspecified atom stereocenters. The van der Waals surface area contributed by atoms with Gasteiger partial charge in [-0.3, -0.25) is 0 Å². The maximum atomic E-state index is 7.21. The van der Waals surface area contributed by atoms with Gasteiger partial charge in [-0.2, -0.15) is 0 Å². The van der Waals surface area contributed by atoms with E-state index in [2.05, 4.69) is 82.3 Å². The normalized spacial score (nSPS) is 13.0. The fourth-order valence-corrected chi connectivity index (χ4v) is 8.96. The van der Waals surface area contributed by atoms with Gasteiger partial charge in [0.05, 0.1) is 0 Å². The van der Waals surface area contributed by atoms with Crippen LogP contribution < -0.4 is 4.52 Å². The van der Waals surface area contributed by atoms with Crippen molar-refractivity contribution in [3.63, 3.8) is 0 Å². The van der Waals surface area contributed by atoms with Crippen LogP contribution in [0, 0.1) is 0 Å². The maximum absolute atomic E-state index is 7.21. The zero-order valence-electron chi connectivity index (χ0n) is 20.0. The van der Waals surface area contributed by atoms with E-state index in [1.54, 1.807) is 0 Å². The summed E-state index contributed by atoms with van der Waals surface area (Å²) in [6, 6.07) is 19.8. The van der Waals surface area contributed by atoms with E-state index in [0.29, 0.717) is 0 Å². The van der Waals surface area contributed by atoms with Gasteiger partial charge < -0.3 is 0 Å². The van der Waals surface area contributed by atoms with Crippen molar-refractivity contribution in [2.45, 2.75) is 85.2 Å². The third kappa shape index (κ3) is 6.84. The Labute approximate surface area is 186 Å². The summed E-state index contributed by atoms with van der Waals surface area (Å²) in [5.41, 5.74) is 2.83. The number of aryl methyl sites for hydroxylation is 1. The first-order valence-electron chi connectivity index (χ1n) is 12.4. The van der Waals surface area contributed by atoms with Crippen LogP contribution in [0.15, 0.2) is 54.6 Å². The first-order valence-corrected chi connectivity index (χ1v) is 15.3. The molecule has 0 heterocycles. The standard InChI is InChI=1S/C28H45OP/c1-5-9-10-11-12-13-17-22-27-23-18-19-24-28(27)29-30(6-2,7-3,8-4)25-26-20-15-14-16-21-26/h14-16,18-21,23-24H,5-13,17,22,25H2,1-4H3. The first-order chi connectivity index (χ1) is 14.6. The van der Waals surface area contributed by atoms with Gasteiger partial charge in [0.1, 0.15) is 0 Å². The van der Waals surface area contributed by atoms with Crippen molar-refractivity contribution in [3.05, 3.63) is 65.7 Å². The van der Waals surface area contributed by atoms with Crippen LogP contribution in [0.2, 0.25) is 0 Å². The SMILES string of the molecule is CCCCCCCCCc1ccccc1OP(CC)(CC)(CC)Cc1ccccc1. The number of hydrogen-bond acceptors (Lipinski definition) is 1. The quantitative estimate of drug-likeness (QED) is 0.203. The van der Waals surface area contributed by atoms with Gasteiger partial charge in [-0.15, -0.1) is 0 Å². The molecule has 0 bridgehead atoms. The molecule has 0 fully saturated rings. The van der Waals surface area contributed by atoms with Crippen molar-refractivity contribution in [2.75, 3.05) is 18.5 Å². The van der Waals surface area contributed by atoms with Crippen LogP contribution in [0.1, 0.15) is 83.8 Å². The second-order valence-corrected chi connectivity index (χ2v) is 15.1. The molecule has 0 aliphatic heterocycles. The molecular formula is C28H45OP. The first kappa shape index (κ1) is 24.9. The molecular weight excluding hydrogens is 383 g/mol. The van der Waals surface area contributed by atoms with Crippen LogP contribution in [0.25, 0.3) is 0 Å². The molecule has 2 rings (SSSR count). The van der Waals surface area contributed by atoms with Gasteiger partial charge in [-0.25, -0.2) is 0 Å². The molecule has 0 aliphatic carbocycles. The van der Waals surface area contributed by atoms with E-state index in [4.69, 9.17) is 4.52 Å². The van der Waals surface area contributed by atoms with Gasteiger partial charge in [-0.1, -0.05) is 0 Å². The average Bonchev–Trinajstić information content (AvgIpc) is 2.80. The number of benzene rings is 2. The Morgan fingerprint density at radius 2 is 1.20 bits per heavy atom. The third-order valence-corrected chi connectivity index (χ3v) is 13.9. The molecule has 168 valence electrons. The molecule has 0 aromatic heterocycles. The summed E-state index contributed by atoms with van der Waals surface area (Å²) in [6.45, 7) is 7.00. The molecule has 0 radical (unpaired) electrons. The van der Waals surface area contributed by atoms with Gasteiger partial charge in [-0.05, 0) is 0 Å². The Morgan fingerprint density at radius 1 is 0.633 bits per heavy atom. The van der Waals surface area contributed by atoms with E-state index < -0.39 is 6.83 Å². The molecule has 0 aliphatic rings. The van der Waals surface area contributed by atoms with Crippen LogP contribution in [-0.2, 0) is 12.6 Å². The minimum atomic E-state index is -2.34. The molecule has 2 aromatic rings. The molecule has 1 nitrogen and oxygen atoms in total. The summed E-state index contributed by atoms with van der Waals surface area (Å²) in [4.78, 5) is 0. The fourth-order valence-electron chi connectivity index (χ4n) is 4.63. The van der Waals surface area contributed by atoms with E-state index in [-0.39, 0.29) is 0 Å². The van der Waals surface area contributed by atoms with E-state index in [1.807, 2.05) is 0 Å². The summed E-state index contributed by atoms with van der Waals surface area (Å²) < 4.78 is 7.21. The molecule has 2 aromatic carbocycles.